The molecule has 0 bridgehead atoms. The summed E-state index contributed by atoms with van der Waals surface area (Å²) in [6.45, 7) is 2.74. The molecule has 2 fully saturated rings. The monoisotopic (exact) mass is 195 g/mol. The van der Waals surface area contributed by atoms with Crippen LogP contribution in [0.5, 0.6) is 0 Å². The number of aliphatic hydroxyl groups is 1. The molecule has 2 aliphatic rings. The van der Waals surface area contributed by atoms with Crippen molar-refractivity contribution in [2.24, 2.45) is 0 Å². The average Bonchev–Trinajstić information content (AvgIpc) is 2.64. The van der Waals surface area contributed by atoms with E-state index in [1.807, 2.05) is 0 Å². The highest BCUT2D eigenvalue weighted by molar-refractivity contribution is 4.93. The number of hydrogen-bond acceptors (Lipinski definition) is 3. The molecular formula is C11H17NO2. The summed E-state index contributed by atoms with van der Waals surface area (Å²) >= 11 is 0. The number of fused-ring (bicyclic) bond motifs is 1. The third-order valence-electron chi connectivity index (χ3n) is 3.17. The van der Waals surface area contributed by atoms with Crippen LogP contribution >= 0.6 is 0 Å². The number of terminal acetylenes is 1. The number of ether oxygens (including phenoxy) is 1. The molecule has 0 amide bonds. The third kappa shape index (κ3) is 1.93. The molecule has 3 nitrogen and oxygen atoms in total. The highest BCUT2D eigenvalue weighted by atomic mass is 16.5. The Kier molecular flexibility index (Phi) is 3.07. The summed E-state index contributed by atoms with van der Waals surface area (Å²) in [5.41, 5.74) is 0. The maximum atomic E-state index is 9.70. The second-order valence-electron chi connectivity index (χ2n) is 4.14. The van der Waals surface area contributed by atoms with Crippen LogP contribution in [0.25, 0.3) is 0 Å². The molecule has 3 heteroatoms. The van der Waals surface area contributed by atoms with Crippen molar-refractivity contribution in [1.29, 1.82) is 0 Å². The van der Waals surface area contributed by atoms with Gasteiger partial charge in [-0.15, -0.1) is 12.3 Å². The minimum absolute atomic E-state index is 0.0830. The fourth-order valence-electron chi connectivity index (χ4n) is 2.33. The van der Waals surface area contributed by atoms with Gasteiger partial charge in [0.15, 0.2) is 0 Å². The summed E-state index contributed by atoms with van der Waals surface area (Å²) in [7, 11) is 0. The lowest BCUT2D eigenvalue weighted by Crippen LogP contribution is -2.50. The second-order valence-corrected chi connectivity index (χ2v) is 4.14. The van der Waals surface area contributed by atoms with Crippen LogP contribution in [0.1, 0.15) is 19.3 Å². The van der Waals surface area contributed by atoms with Gasteiger partial charge in [-0.3, -0.25) is 4.90 Å². The van der Waals surface area contributed by atoms with E-state index in [4.69, 9.17) is 11.2 Å². The Morgan fingerprint density at radius 1 is 1.64 bits per heavy atom. The van der Waals surface area contributed by atoms with Crippen molar-refractivity contribution in [3.8, 4) is 12.3 Å². The molecule has 14 heavy (non-hydrogen) atoms. The van der Waals surface area contributed by atoms with Crippen LogP contribution in [0.2, 0.25) is 0 Å². The fraction of sp³-hybridized carbons (Fsp3) is 0.818. The first-order valence-corrected chi connectivity index (χ1v) is 5.28. The maximum absolute atomic E-state index is 9.70. The van der Waals surface area contributed by atoms with E-state index >= 15 is 0 Å². The Hall–Kier alpha value is -0.560. The Bertz CT molecular complexity index is 236. The quantitative estimate of drug-likeness (QED) is 0.640. The van der Waals surface area contributed by atoms with Gasteiger partial charge >= 0.3 is 0 Å². The van der Waals surface area contributed by atoms with Crippen molar-refractivity contribution in [2.45, 2.75) is 37.5 Å². The lowest BCUT2D eigenvalue weighted by Gasteiger charge is -2.36. The van der Waals surface area contributed by atoms with Gasteiger partial charge in [-0.05, 0) is 19.4 Å². The molecule has 0 saturated carbocycles. The predicted molar refractivity (Wildman–Crippen MR) is 53.8 cm³/mol. The van der Waals surface area contributed by atoms with Gasteiger partial charge in [-0.1, -0.05) is 0 Å². The van der Waals surface area contributed by atoms with Gasteiger partial charge in [0, 0.05) is 19.0 Å². The summed E-state index contributed by atoms with van der Waals surface area (Å²) in [5.74, 6) is 2.48. The topological polar surface area (TPSA) is 32.7 Å². The molecule has 2 aliphatic heterocycles. The zero-order chi connectivity index (χ0) is 9.97. The zero-order valence-electron chi connectivity index (χ0n) is 8.35. The van der Waals surface area contributed by atoms with Crippen LogP contribution in [0.3, 0.4) is 0 Å². The van der Waals surface area contributed by atoms with E-state index in [0.29, 0.717) is 12.5 Å². The molecule has 0 spiro atoms. The smallest absolute Gasteiger partial charge is 0.0970 e. The van der Waals surface area contributed by atoms with Crippen LogP contribution in [0.15, 0.2) is 0 Å². The van der Waals surface area contributed by atoms with Crippen LogP contribution in [0.4, 0.5) is 0 Å². The van der Waals surface area contributed by atoms with Crippen LogP contribution in [-0.2, 0) is 4.74 Å². The van der Waals surface area contributed by atoms with E-state index in [0.717, 1.165) is 19.7 Å². The van der Waals surface area contributed by atoms with Crippen LogP contribution < -0.4 is 0 Å². The summed E-state index contributed by atoms with van der Waals surface area (Å²) in [4.78, 5) is 2.41. The van der Waals surface area contributed by atoms with Gasteiger partial charge in [0.1, 0.15) is 0 Å². The first-order valence-electron chi connectivity index (χ1n) is 5.28. The SMILES string of the molecule is C#CCC(O)C1CN2CCCC2CO1. The van der Waals surface area contributed by atoms with Gasteiger partial charge in [0.25, 0.3) is 0 Å². The molecule has 0 radical (unpaired) electrons. The minimum atomic E-state index is -0.499. The molecular weight excluding hydrogens is 178 g/mol. The summed E-state index contributed by atoms with van der Waals surface area (Å²) in [6.07, 6.45) is 7.46. The largest absolute Gasteiger partial charge is 0.389 e. The highest BCUT2D eigenvalue weighted by Gasteiger charge is 2.34. The number of aliphatic hydroxyl groups excluding tert-OH is 1. The number of hydrogen-bond donors (Lipinski definition) is 1. The minimum Gasteiger partial charge on any atom is -0.389 e. The first-order chi connectivity index (χ1) is 6.81. The molecule has 1 N–H and O–H groups in total. The standard InChI is InChI=1S/C11H17NO2/c1-2-4-10(13)11-7-12-6-3-5-9(12)8-14-11/h1,9-11,13H,3-8H2. The number of nitrogens with zero attached hydrogens (tertiary/aromatic N) is 1. The third-order valence-corrected chi connectivity index (χ3v) is 3.17. The first kappa shape index (κ1) is 9.97. The molecule has 3 unspecified atom stereocenters. The van der Waals surface area contributed by atoms with E-state index in [-0.39, 0.29) is 6.10 Å². The van der Waals surface area contributed by atoms with Crippen molar-refractivity contribution < 1.29 is 9.84 Å². The molecule has 0 aliphatic carbocycles. The van der Waals surface area contributed by atoms with Crippen molar-refractivity contribution in [2.75, 3.05) is 19.7 Å². The van der Waals surface area contributed by atoms with Gasteiger partial charge in [-0.2, -0.15) is 0 Å². The summed E-state index contributed by atoms with van der Waals surface area (Å²) < 4.78 is 5.62. The van der Waals surface area contributed by atoms with E-state index in [2.05, 4.69) is 10.8 Å². The van der Waals surface area contributed by atoms with Gasteiger partial charge in [-0.25, -0.2) is 0 Å². The van der Waals surface area contributed by atoms with E-state index in [9.17, 15) is 5.11 Å². The molecule has 3 atom stereocenters. The molecule has 2 heterocycles. The zero-order valence-corrected chi connectivity index (χ0v) is 8.35. The van der Waals surface area contributed by atoms with E-state index < -0.39 is 6.10 Å². The molecule has 2 rings (SSSR count). The van der Waals surface area contributed by atoms with Crippen molar-refractivity contribution in [3.05, 3.63) is 0 Å². The number of morpholine rings is 1. The Balaban J connectivity index is 1.88. The normalized spacial score (nSPS) is 34.9. The van der Waals surface area contributed by atoms with E-state index in [1.54, 1.807) is 0 Å². The van der Waals surface area contributed by atoms with Crippen molar-refractivity contribution in [1.82, 2.24) is 4.90 Å². The maximum Gasteiger partial charge on any atom is 0.0970 e. The lowest BCUT2D eigenvalue weighted by atomic mass is 10.1. The van der Waals surface area contributed by atoms with Gasteiger partial charge < -0.3 is 9.84 Å². The van der Waals surface area contributed by atoms with Crippen molar-refractivity contribution in [3.63, 3.8) is 0 Å². The molecule has 0 aromatic carbocycles. The summed E-state index contributed by atoms with van der Waals surface area (Å²) in [6, 6.07) is 0.587. The van der Waals surface area contributed by atoms with Gasteiger partial charge in [0.05, 0.1) is 18.8 Å². The Morgan fingerprint density at radius 3 is 3.29 bits per heavy atom. The Labute approximate surface area is 85.0 Å². The number of rotatable bonds is 2. The fourth-order valence-corrected chi connectivity index (χ4v) is 2.33. The van der Waals surface area contributed by atoms with E-state index in [1.165, 1.54) is 12.8 Å². The lowest BCUT2D eigenvalue weighted by molar-refractivity contribution is -0.100. The molecule has 0 aromatic heterocycles. The summed E-state index contributed by atoms with van der Waals surface area (Å²) in [5, 5.41) is 9.70. The van der Waals surface area contributed by atoms with Crippen LogP contribution in [0, 0.1) is 12.3 Å². The predicted octanol–water partition coefficient (Wildman–Crippen LogP) is 0.234. The molecule has 2 saturated heterocycles. The molecule has 0 aromatic rings. The Morgan fingerprint density at radius 2 is 2.50 bits per heavy atom. The second kappa shape index (κ2) is 4.31. The molecule has 78 valence electrons. The average molecular weight is 195 g/mol. The van der Waals surface area contributed by atoms with Crippen molar-refractivity contribution >= 4 is 0 Å². The highest BCUT2D eigenvalue weighted by Crippen LogP contribution is 2.24. The van der Waals surface area contributed by atoms with Gasteiger partial charge in [0.2, 0.25) is 0 Å². The van der Waals surface area contributed by atoms with Crippen LogP contribution in [-0.4, -0.2) is 48.0 Å².